The number of hydroxylamine groups is 2. The minimum atomic E-state index is -5.30. The van der Waals surface area contributed by atoms with Gasteiger partial charge in [0.2, 0.25) is 15.9 Å². The number of sulfonamides is 1. The Hall–Kier alpha value is -4.25. The molecule has 1 fully saturated rings. The zero-order valence-corrected chi connectivity index (χ0v) is 22.9. The summed E-state index contributed by atoms with van der Waals surface area (Å²) in [5.41, 5.74) is 1.72. The summed E-state index contributed by atoms with van der Waals surface area (Å²) in [6.45, 7) is -0.685. The minimum Gasteiger partial charge on any atom is -0.361 e. The molecule has 13 heteroatoms. The smallest absolute Gasteiger partial charge is 0.361 e. The molecule has 0 unspecified atom stereocenters. The van der Waals surface area contributed by atoms with Crippen molar-refractivity contribution < 1.29 is 36.0 Å². The second-order valence-electron chi connectivity index (χ2n) is 9.70. The molecule has 2 N–H and O–H groups in total. The Morgan fingerprint density at radius 3 is 2.10 bits per heavy atom. The van der Waals surface area contributed by atoms with Crippen LogP contribution in [0.25, 0.3) is 0 Å². The van der Waals surface area contributed by atoms with Crippen LogP contribution >= 0.6 is 0 Å². The average molecular weight is 601 g/mol. The minimum absolute atomic E-state index is 0.0960. The van der Waals surface area contributed by atoms with Crippen molar-refractivity contribution in [1.82, 2.24) is 15.1 Å². The number of carbonyl (C=O) groups excluding carboxylic acids is 2. The van der Waals surface area contributed by atoms with Crippen LogP contribution in [-0.2, 0) is 24.4 Å². The number of hydrogen-bond acceptors (Lipinski definition) is 7. The summed E-state index contributed by atoms with van der Waals surface area (Å²) in [4.78, 5) is 29.1. The van der Waals surface area contributed by atoms with Crippen molar-refractivity contribution >= 4 is 21.9 Å². The first-order valence-electron chi connectivity index (χ1n) is 12.9. The molecule has 1 heterocycles. The van der Waals surface area contributed by atoms with Gasteiger partial charge in [-0.15, -0.1) is 5.06 Å². The van der Waals surface area contributed by atoms with Crippen LogP contribution in [0.4, 0.5) is 13.2 Å². The maximum atomic E-state index is 13.4. The van der Waals surface area contributed by atoms with E-state index in [9.17, 15) is 36.4 Å². The molecule has 1 aliphatic rings. The zero-order chi connectivity index (χ0) is 30.3. The van der Waals surface area contributed by atoms with Crippen LogP contribution in [0.3, 0.4) is 0 Å². The summed E-state index contributed by atoms with van der Waals surface area (Å²) >= 11 is 0. The third-order valence-corrected chi connectivity index (χ3v) is 8.31. The monoisotopic (exact) mass is 600 g/mol. The molecule has 3 aromatic carbocycles. The van der Waals surface area contributed by atoms with Gasteiger partial charge in [-0.1, -0.05) is 72.8 Å². The predicted molar refractivity (Wildman–Crippen MR) is 145 cm³/mol. The number of halogens is 3. The van der Waals surface area contributed by atoms with Gasteiger partial charge in [0.25, 0.3) is 0 Å². The molecule has 42 heavy (non-hydrogen) atoms. The topological polar surface area (TPSA) is 129 Å². The molecule has 0 bridgehead atoms. The number of alkyl halides is 3. The normalized spacial score (nSPS) is 17.8. The molecule has 1 amide bonds. The van der Waals surface area contributed by atoms with E-state index in [2.05, 4.69) is 14.9 Å². The Labute approximate surface area is 240 Å². The molecule has 0 aromatic heterocycles. The molecular formula is C29H27F3N4O5S. The van der Waals surface area contributed by atoms with Crippen LogP contribution in [0.5, 0.6) is 0 Å². The summed E-state index contributed by atoms with van der Waals surface area (Å²) in [5.74, 6) is -4.32. The molecule has 1 saturated heterocycles. The van der Waals surface area contributed by atoms with E-state index in [0.717, 1.165) is 11.1 Å². The largest absolute Gasteiger partial charge is 0.492 e. The second kappa shape index (κ2) is 13.2. The number of rotatable bonds is 9. The number of amides is 1. The van der Waals surface area contributed by atoms with Gasteiger partial charge >= 0.3 is 12.1 Å². The first-order chi connectivity index (χ1) is 20.0. The van der Waals surface area contributed by atoms with Crippen molar-refractivity contribution in [2.24, 2.45) is 5.92 Å². The van der Waals surface area contributed by atoms with Crippen LogP contribution < -0.4 is 10.0 Å². The summed E-state index contributed by atoms with van der Waals surface area (Å²) < 4.78 is 67.4. The predicted octanol–water partition coefficient (Wildman–Crippen LogP) is 3.50. The third kappa shape index (κ3) is 7.73. The van der Waals surface area contributed by atoms with Crippen molar-refractivity contribution in [3.63, 3.8) is 0 Å². The Balaban J connectivity index is 1.54. The number of carbonyl (C=O) groups is 2. The highest BCUT2D eigenvalue weighted by atomic mass is 32.2. The fourth-order valence-corrected chi connectivity index (χ4v) is 6.20. The highest BCUT2D eigenvalue weighted by molar-refractivity contribution is 7.89. The number of benzene rings is 3. The molecular weight excluding hydrogens is 573 g/mol. The van der Waals surface area contributed by atoms with E-state index in [1.54, 1.807) is 6.07 Å². The Kier molecular flexibility index (Phi) is 9.62. The van der Waals surface area contributed by atoms with Crippen LogP contribution in [0, 0.1) is 17.2 Å². The van der Waals surface area contributed by atoms with Gasteiger partial charge in [-0.3, -0.25) is 4.79 Å². The van der Waals surface area contributed by atoms with Crippen LogP contribution in [0.2, 0.25) is 0 Å². The van der Waals surface area contributed by atoms with E-state index in [1.807, 2.05) is 60.7 Å². The van der Waals surface area contributed by atoms with Gasteiger partial charge in [-0.05, 0) is 29.7 Å². The lowest BCUT2D eigenvalue weighted by Gasteiger charge is -2.36. The lowest BCUT2D eigenvalue weighted by molar-refractivity contribution is -0.244. The van der Waals surface area contributed by atoms with Gasteiger partial charge in [-0.2, -0.15) is 18.4 Å². The second-order valence-corrected chi connectivity index (χ2v) is 11.4. The molecule has 4 rings (SSSR count). The van der Waals surface area contributed by atoms with Crippen molar-refractivity contribution in [3.05, 3.63) is 102 Å². The van der Waals surface area contributed by atoms with E-state index >= 15 is 0 Å². The van der Waals surface area contributed by atoms with Gasteiger partial charge in [0.1, 0.15) is 6.07 Å². The van der Waals surface area contributed by atoms with Crippen molar-refractivity contribution in [2.45, 2.75) is 29.5 Å². The number of nitrogens with one attached hydrogen (secondary N) is 2. The maximum Gasteiger partial charge on any atom is 0.492 e. The van der Waals surface area contributed by atoms with E-state index in [1.165, 1.54) is 24.3 Å². The summed E-state index contributed by atoms with van der Waals surface area (Å²) in [7, 11) is -4.32. The fourth-order valence-electron chi connectivity index (χ4n) is 4.80. The van der Waals surface area contributed by atoms with Crippen LogP contribution in [0.1, 0.15) is 29.0 Å². The van der Waals surface area contributed by atoms with Gasteiger partial charge in [0.05, 0.1) is 22.9 Å². The van der Waals surface area contributed by atoms with E-state index < -0.39 is 46.6 Å². The Bertz CT molecular complexity index is 1510. The Morgan fingerprint density at radius 1 is 0.952 bits per heavy atom. The Morgan fingerprint density at radius 2 is 1.52 bits per heavy atom. The summed E-state index contributed by atoms with van der Waals surface area (Å²) in [6, 6.07) is 24.9. The maximum absolute atomic E-state index is 13.4. The summed E-state index contributed by atoms with van der Waals surface area (Å²) in [6.07, 6.45) is -5.39. The van der Waals surface area contributed by atoms with Crippen LogP contribution in [0.15, 0.2) is 89.8 Å². The SMILES string of the molecule is N#Cc1ccccc1S(=O)(=O)N[C@@H]1C[C@H](C(=O)NCC(c2ccccc2)c2ccccc2)CN(OC(=O)C(F)(F)F)C1. The molecule has 2 atom stereocenters. The van der Waals surface area contributed by atoms with E-state index in [-0.39, 0.29) is 35.9 Å². The standard InChI is InChI=1S/C29H27F3N4O5S/c30-29(31,32)28(38)41-36-18-23(15-24(19-36)35-42(39,40)26-14-8-7-13-22(26)16-33)27(37)34-17-25(20-9-3-1-4-10-20)21-11-5-2-6-12-21/h1-14,23-25,35H,15,17-19H2,(H,34,37)/t23-,24+/m0/s1. The molecule has 9 nitrogen and oxygen atoms in total. The first-order valence-corrected chi connectivity index (χ1v) is 14.4. The number of nitriles is 1. The molecule has 0 radical (unpaired) electrons. The van der Waals surface area contributed by atoms with Crippen molar-refractivity contribution in [3.8, 4) is 6.07 Å². The molecule has 220 valence electrons. The quantitative estimate of drug-likeness (QED) is 0.385. The van der Waals surface area contributed by atoms with Gasteiger partial charge in [0, 0.05) is 25.0 Å². The molecule has 0 saturated carbocycles. The van der Waals surface area contributed by atoms with Gasteiger partial charge in [-0.25, -0.2) is 17.9 Å². The highest BCUT2D eigenvalue weighted by Gasteiger charge is 2.44. The van der Waals surface area contributed by atoms with Crippen LogP contribution in [-0.4, -0.2) is 57.2 Å². The van der Waals surface area contributed by atoms with Gasteiger partial charge in [0.15, 0.2) is 0 Å². The lowest BCUT2D eigenvalue weighted by atomic mass is 9.90. The molecule has 1 aliphatic heterocycles. The average Bonchev–Trinajstić information content (AvgIpc) is 2.97. The molecule has 3 aromatic rings. The molecule has 0 spiro atoms. The zero-order valence-electron chi connectivity index (χ0n) is 22.1. The van der Waals surface area contributed by atoms with E-state index in [4.69, 9.17) is 0 Å². The molecule has 0 aliphatic carbocycles. The fraction of sp³-hybridized carbons (Fsp3) is 0.276. The number of piperidine rings is 1. The van der Waals surface area contributed by atoms with Gasteiger partial charge < -0.3 is 10.2 Å². The van der Waals surface area contributed by atoms with E-state index in [0.29, 0.717) is 5.06 Å². The summed E-state index contributed by atoms with van der Waals surface area (Å²) in [5, 5.41) is 12.8. The number of nitrogens with zero attached hydrogens (tertiary/aromatic N) is 2. The first kappa shape index (κ1) is 30.7. The van der Waals surface area contributed by atoms with Crippen molar-refractivity contribution in [2.75, 3.05) is 19.6 Å². The highest BCUT2D eigenvalue weighted by Crippen LogP contribution is 2.26. The van der Waals surface area contributed by atoms with Crippen molar-refractivity contribution in [1.29, 1.82) is 5.26 Å². The number of hydrogen-bond donors (Lipinski definition) is 2. The third-order valence-electron chi connectivity index (χ3n) is 6.73. The lowest BCUT2D eigenvalue weighted by Crippen LogP contribution is -2.55.